The highest BCUT2D eigenvalue weighted by molar-refractivity contribution is 7.86. The van der Waals surface area contributed by atoms with Crippen molar-refractivity contribution in [2.75, 3.05) is 26.9 Å². The summed E-state index contributed by atoms with van der Waals surface area (Å²) in [4.78, 5) is 4.64. The van der Waals surface area contributed by atoms with Gasteiger partial charge in [-0.25, -0.2) is 0 Å². The molecule has 1 aromatic carbocycles. The van der Waals surface area contributed by atoms with Crippen molar-refractivity contribution < 1.29 is 12.6 Å². The molecule has 0 aromatic heterocycles. The van der Waals surface area contributed by atoms with Crippen LogP contribution in [0.1, 0.15) is 78.1 Å². The van der Waals surface area contributed by atoms with Crippen LogP contribution in [-0.2, 0) is 14.3 Å². The summed E-state index contributed by atoms with van der Waals surface area (Å²) in [7, 11) is -1.49. The van der Waals surface area contributed by atoms with Gasteiger partial charge in [0.2, 0.25) is 0 Å². The molecule has 1 aliphatic rings. The first-order chi connectivity index (χ1) is 14.5. The van der Waals surface area contributed by atoms with Crippen molar-refractivity contribution in [2.24, 2.45) is 0 Å². The smallest absolute Gasteiger partial charge is 0.296 e. The zero-order chi connectivity index (χ0) is 22.1. The van der Waals surface area contributed by atoms with Crippen LogP contribution in [0, 0.1) is 0 Å². The van der Waals surface area contributed by atoms with E-state index < -0.39 is 10.1 Å². The minimum absolute atomic E-state index is 0.238. The summed E-state index contributed by atoms with van der Waals surface area (Å²) < 4.78 is 28.8. The van der Waals surface area contributed by atoms with Crippen molar-refractivity contribution in [3.63, 3.8) is 0 Å². The number of nitrogens with zero attached hydrogens (tertiary/aromatic N) is 2. The van der Waals surface area contributed by atoms with Crippen LogP contribution in [0.5, 0.6) is 0 Å². The largest absolute Gasteiger partial charge is 0.362 e. The fourth-order valence-electron chi connectivity index (χ4n) is 3.21. The van der Waals surface area contributed by atoms with E-state index in [2.05, 4.69) is 43.1 Å². The second-order valence-electron chi connectivity index (χ2n) is 7.87. The Hall–Kier alpha value is -1.53. The Labute approximate surface area is 185 Å². The van der Waals surface area contributed by atoms with Crippen molar-refractivity contribution in [3.05, 3.63) is 42.7 Å². The quantitative estimate of drug-likeness (QED) is 0.263. The predicted molar refractivity (Wildman–Crippen MR) is 126 cm³/mol. The van der Waals surface area contributed by atoms with Gasteiger partial charge in [0.05, 0.1) is 18.2 Å². The molecule has 0 atom stereocenters. The summed E-state index contributed by atoms with van der Waals surface area (Å²) in [5, 5.41) is 0. The number of hydrogen-bond donors (Lipinski definition) is 0. The van der Waals surface area contributed by atoms with E-state index in [0.29, 0.717) is 0 Å². The molecule has 0 saturated carbocycles. The molecule has 0 N–H and O–H groups in total. The molecule has 0 spiro atoms. The highest BCUT2D eigenvalue weighted by atomic mass is 32.2. The normalized spacial score (nSPS) is 13.4. The van der Waals surface area contributed by atoms with Crippen molar-refractivity contribution in [2.45, 2.75) is 83.0 Å². The topological polar surface area (TPSA) is 49.9 Å². The van der Waals surface area contributed by atoms with Gasteiger partial charge < -0.3 is 9.80 Å². The zero-order valence-electron chi connectivity index (χ0n) is 19.3. The number of rotatable bonds is 14. The zero-order valence-corrected chi connectivity index (χ0v) is 20.1. The first-order valence-corrected chi connectivity index (χ1v) is 13.0. The molecular formula is C24H42N2O3S. The van der Waals surface area contributed by atoms with Gasteiger partial charge in [0.25, 0.3) is 10.1 Å². The Morgan fingerprint density at radius 2 is 1.40 bits per heavy atom. The van der Waals surface area contributed by atoms with E-state index in [1.165, 1.54) is 51.4 Å². The number of hydrogen-bond acceptors (Lipinski definition) is 5. The molecule has 6 heteroatoms. The van der Waals surface area contributed by atoms with E-state index in [9.17, 15) is 8.42 Å². The molecule has 1 heterocycles. The molecule has 0 fully saturated rings. The van der Waals surface area contributed by atoms with Crippen molar-refractivity contribution in [1.82, 2.24) is 9.80 Å². The Morgan fingerprint density at radius 3 is 1.87 bits per heavy atom. The van der Waals surface area contributed by atoms with Gasteiger partial charge in [0.15, 0.2) is 0 Å². The molecular weight excluding hydrogens is 396 g/mol. The molecule has 0 bridgehead atoms. The SMILES string of the molecule is CCCCCCCCCCCCOS(=O)(=O)c1ccccc1.CCN1C=CN(C)C1. The van der Waals surface area contributed by atoms with E-state index in [0.717, 1.165) is 26.1 Å². The number of benzene rings is 1. The van der Waals surface area contributed by atoms with E-state index in [1.807, 2.05) is 0 Å². The summed E-state index contributed by atoms with van der Waals surface area (Å²) in [6.45, 7) is 6.84. The van der Waals surface area contributed by atoms with E-state index >= 15 is 0 Å². The van der Waals surface area contributed by atoms with Gasteiger partial charge in [0.1, 0.15) is 0 Å². The molecule has 1 aliphatic heterocycles. The van der Waals surface area contributed by atoms with Crippen LogP contribution in [0.25, 0.3) is 0 Å². The lowest BCUT2D eigenvalue weighted by Gasteiger charge is -2.14. The molecule has 0 aliphatic carbocycles. The van der Waals surface area contributed by atoms with Crippen LogP contribution in [0.4, 0.5) is 0 Å². The summed E-state index contributed by atoms with van der Waals surface area (Å²) in [5.41, 5.74) is 0. The van der Waals surface area contributed by atoms with Gasteiger partial charge in [-0.05, 0) is 25.5 Å². The molecule has 0 unspecified atom stereocenters. The van der Waals surface area contributed by atoms with Crippen LogP contribution < -0.4 is 0 Å². The highest BCUT2D eigenvalue weighted by Gasteiger charge is 2.13. The van der Waals surface area contributed by atoms with Crippen LogP contribution in [0.15, 0.2) is 47.6 Å². The summed E-state index contributed by atoms with van der Waals surface area (Å²) in [5.74, 6) is 0. The third-order valence-corrected chi connectivity index (χ3v) is 6.44. The molecule has 172 valence electrons. The second-order valence-corrected chi connectivity index (χ2v) is 9.49. The van der Waals surface area contributed by atoms with Crippen LogP contribution in [0.3, 0.4) is 0 Å². The molecule has 1 aromatic rings. The first kappa shape index (κ1) is 26.5. The molecule has 5 nitrogen and oxygen atoms in total. The first-order valence-electron chi connectivity index (χ1n) is 11.6. The van der Waals surface area contributed by atoms with Crippen molar-refractivity contribution >= 4 is 10.1 Å². The maximum absolute atomic E-state index is 11.9. The fraction of sp³-hybridized carbons (Fsp3) is 0.667. The third kappa shape index (κ3) is 12.2. The molecule has 0 saturated heterocycles. The minimum Gasteiger partial charge on any atom is -0.362 e. The molecule has 30 heavy (non-hydrogen) atoms. The Bertz CT molecular complexity index is 662. The molecule has 0 amide bonds. The number of unbranched alkanes of at least 4 members (excludes halogenated alkanes) is 9. The van der Waals surface area contributed by atoms with Gasteiger partial charge >= 0.3 is 0 Å². The molecule has 0 radical (unpaired) electrons. The lowest BCUT2D eigenvalue weighted by atomic mass is 10.1. The monoisotopic (exact) mass is 438 g/mol. The summed E-state index contributed by atoms with van der Waals surface area (Å²) in [6.07, 6.45) is 16.5. The van der Waals surface area contributed by atoms with Crippen molar-refractivity contribution in [3.8, 4) is 0 Å². The Balaban J connectivity index is 0.000000467. The van der Waals surface area contributed by atoms with Gasteiger partial charge in [-0.15, -0.1) is 0 Å². The third-order valence-electron chi connectivity index (χ3n) is 5.11. The molecule has 2 rings (SSSR count). The predicted octanol–water partition coefficient (Wildman–Crippen LogP) is 6.00. The highest BCUT2D eigenvalue weighted by Crippen LogP contribution is 2.13. The van der Waals surface area contributed by atoms with Gasteiger partial charge in [-0.1, -0.05) is 82.9 Å². The van der Waals surface area contributed by atoms with Gasteiger partial charge in [-0.3, -0.25) is 4.18 Å². The maximum Gasteiger partial charge on any atom is 0.296 e. The van der Waals surface area contributed by atoms with Gasteiger partial charge in [0, 0.05) is 26.0 Å². The second kappa shape index (κ2) is 16.2. The van der Waals surface area contributed by atoms with Crippen LogP contribution in [0.2, 0.25) is 0 Å². The Morgan fingerprint density at radius 1 is 0.833 bits per heavy atom. The van der Waals surface area contributed by atoms with Crippen LogP contribution in [-0.4, -0.2) is 45.1 Å². The van der Waals surface area contributed by atoms with Crippen LogP contribution >= 0.6 is 0 Å². The Kier molecular flexibility index (Phi) is 14.3. The maximum atomic E-state index is 11.9. The lowest BCUT2D eigenvalue weighted by molar-refractivity contribution is 0.306. The summed E-state index contributed by atoms with van der Waals surface area (Å²) in [6, 6.07) is 8.33. The lowest BCUT2D eigenvalue weighted by Crippen LogP contribution is -2.21. The fourth-order valence-corrected chi connectivity index (χ4v) is 4.17. The van der Waals surface area contributed by atoms with E-state index in [-0.39, 0.29) is 11.5 Å². The standard InChI is InChI=1S/C18H30O3S.C6H12N2/c1-2-3-4-5-6-7-8-9-10-14-17-21-22(19,20)18-15-12-11-13-16-18;1-3-8-5-4-7(2)6-8/h11-13,15-16H,2-10,14,17H2,1H3;4-5H,3,6H2,1-2H3. The van der Waals surface area contributed by atoms with E-state index in [4.69, 9.17) is 4.18 Å². The minimum atomic E-state index is -3.57. The summed E-state index contributed by atoms with van der Waals surface area (Å²) >= 11 is 0. The average molecular weight is 439 g/mol. The van der Waals surface area contributed by atoms with Gasteiger partial charge in [-0.2, -0.15) is 8.42 Å². The van der Waals surface area contributed by atoms with Crippen molar-refractivity contribution in [1.29, 1.82) is 0 Å². The van der Waals surface area contributed by atoms with E-state index in [1.54, 1.807) is 30.3 Å². The average Bonchev–Trinajstić information content (AvgIpc) is 3.18.